The van der Waals surface area contributed by atoms with Crippen LogP contribution in [-0.4, -0.2) is 117 Å². The van der Waals surface area contributed by atoms with Crippen molar-refractivity contribution in [1.29, 1.82) is 0 Å². The van der Waals surface area contributed by atoms with Crippen molar-refractivity contribution >= 4 is 25.6 Å². The number of nitrogens with two attached hydrogens (primary N) is 1. The van der Waals surface area contributed by atoms with Gasteiger partial charge in [-0.05, 0) is 6.92 Å². The van der Waals surface area contributed by atoms with Gasteiger partial charge in [-0.25, -0.2) is 4.57 Å². The summed E-state index contributed by atoms with van der Waals surface area (Å²) >= 11 is 0. The second-order valence-electron chi connectivity index (χ2n) is 8.77. The van der Waals surface area contributed by atoms with Crippen molar-refractivity contribution in [3.8, 4) is 0 Å². The monoisotopic (exact) mass is 572 g/mol. The lowest BCUT2D eigenvalue weighted by molar-refractivity contribution is -0.329. The van der Waals surface area contributed by atoms with E-state index in [0.29, 0.717) is 0 Å². The third-order valence-electron chi connectivity index (χ3n) is 5.87. The first-order valence-electron chi connectivity index (χ1n) is 11.3. The van der Waals surface area contributed by atoms with Gasteiger partial charge < -0.3 is 55.7 Å². The van der Waals surface area contributed by atoms with Crippen molar-refractivity contribution in [2.75, 3.05) is 13.2 Å². The molecule has 2 fully saturated rings. The molecular formula is C20H33N2O15P. The van der Waals surface area contributed by atoms with Crippen LogP contribution in [0.25, 0.3) is 0 Å². The number of aliphatic carboxylic acids is 1. The predicted molar refractivity (Wildman–Crippen MR) is 121 cm³/mol. The number of carbonyl (C=O) groups excluding carboxylic acids is 2. The molecule has 2 saturated heterocycles. The smallest absolute Gasteiger partial charge is 0.474 e. The third kappa shape index (κ3) is 7.77. The van der Waals surface area contributed by atoms with Crippen molar-refractivity contribution < 1.29 is 72.6 Å². The molecule has 2 rings (SSSR count). The molecule has 0 aromatic carbocycles. The number of hydrogen-bond donors (Lipinski definition) is 8. The number of nitrogens with one attached hydrogen (secondary N) is 1. The van der Waals surface area contributed by atoms with Gasteiger partial charge in [0.25, 0.3) is 0 Å². The van der Waals surface area contributed by atoms with Crippen LogP contribution in [0, 0.1) is 11.8 Å². The molecule has 2 amide bonds. The second kappa shape index (κ2) is 13.4. The Labute approximate surface area is 216 Å². The molecule has 2 aliphatic rings. The van der Waals surface area contributed by atoms with Gasteiger partial charge in [0.1, 0.15) is 30.5 Å². The number of ether oxygens (including phenoxy) is 3. The van der Waals surface area contributed by atoms with Crippen molar-refractivity contribution in [3.63, 3.8) is 0 Å². The minimum atomic E-state index is -5.11. The molecule has 0 spiro atoms. The quantitative estimate of drug-likeness (QED) is 0.0834. The summed E-state index contributed by atoms with van der Waals surface area (Å²) in [6.07, 6.45) is -12.6. The number of aliphatic hydroxyl groups excluding tert-OH is 4. The molecule has 2 aliphatic heterocycles. The van der Waals surface area contributed by atoms with Crippen LogP contribution >= 0.6 is 7.82 Å². The molecule has 218 valence electrons. The van der Waals surface area contributed by atoms with Crippen molar-refractivity contribution in [2.45, 2.75) is 69.1 Å². The van der Waals surface area contributed by atoms with Gasteiger partial charge in [-0.15, -0.1) is 6.58 Å². The average Bonchev–Trinajstić information content (AvgIpc) is 2.83. The Morgan fingerprint density at radius 1 is 1.16 bits per heavy atom. The topological polar surface area (TPSA) is 274 Å². The average molecular weight is 572 g/mol. The van der Waals surface area contributed by atoms with Gasteiger partial charge in [-0.1, -0.05) is 6.08 Å². The van der Waals surface area contributed by atoms with E-state index in [2.05, 4.69) is 11.9 Å². The van der Waals surface area contributed by atoms with Crippen LogP contribution in [0.4, 0.5) is 0 Å². The fourth-order valence-electron chi connectivity index (χ4n) is 3.81. The van der Waals surface area contributed by atoms with E-state index >= 15 is 0 Å². The third-order valence-corrected chi connectivity index (χ3v) is 6.82. The summed E-state index contributed by atoms with van der Waals surface area (Å²) in [5.74, 6) is -5.72. The Morgan fingerprint density at radius 3 is 2.29 bits per heavy atom. The second-order valence-corrected chi connectivity index (χ2v) is 10.2. The van der Waals surface area contributed by atoms with Crippen LogP contribution in [-0.2, 0) is 42.2 Å². The zero-order valence-electron chi connectivity index (χ0n) is 20.4. The van der Waals surface area contributed by atoms with Gasteiger partial charge in [0.05, 0.1) is 25.2 Å². The molecule has 2 heterocycles. The van der Waals surface area contributed by atoms with Crippen LogP contribution in [0.1, 0.15) is 13.8 Å². The fraction of sp³-hybridized carbons (Fsp3) is 0.750. The molecule has 12 atom stereocenters. The standard InChI is InChI=1S/C20H33N2O15P/c1-4-9-12(25)16(17(21)28)36-20(37-38(31,32)33-6-7(2)18(29)30)15(9)35-19-11(22-8(3)24)14(27)13(26)10(5-23)34-19/h4,7,9-16,19-20,23,25-27H,1,5-6H2,2-3H3,(H2,21,28)(H,22,24)(H,29,30)(H,31,32)/t7-,9?,10?,11?,12?,13+,14+,15+,16-,19-,20-/m0/s1. The van der Waals surface area contributed by atoms with Gasteiger partial charge in [-0.2, -0.15) is 0 Å². The summed E-state index contributed by atoms with van der Waals surface area (Å²) in [7, 11) is -5.11. The number of phosphoric ester groups is 1. The molecular weight excluding hydrogens is 539 g/mol. The molecule has 9 N–H and O–H groups in total. The number of carboxylic acid groups (broad SMARTS) is 1. The number of hydrogen-bond acceptors (Lipinski definition) is 13. The number of amides is 2. The highest BCUT2D eigenvalue weighted by molar-refractivity contribution is 7.47. The van der Waals surface area contributed by atoms with Gasteiger partial charge >= 0.3 is 13.8 Å². The molecule has 0 aromatic heterocycles. The first-order valence-corrected chi connectivity index (χ1v) is 12.8. The summed E-state index contributed by atoms with van der Waals surface area (Å²) in [6.45, 7) is 4.28. The Morgan fingerprint density at radius 2 is 1.79 bits per heavy atom. The minimum absolute atomic E-state index is 0.677. The lowest BCUT2D eigenvalue weighted by Crippen LogP contribution is -2.67. The number of carbonyl (C=O) groups is 3. The molecule has 0 aromatic rings. The SMILES string of the molecule is C=CC1C(O)[C@@H](C(N)=O)O[C@@H](OP(=O)(O)OC[C@H](C)C(=O)O)[C@@H]1O[C@@H]1OC(CO)[C@@H](O)[C@H](O)C1NC(C)=O. The van der Waals surface area contributed by atoms with Gasteiger partial charge in [0, 0.05) is 12.8 Å². The van der Waals surface area contributed by atoms with E-state index in [4.69, 9.17) is 34.1 Å². The zero-order chi connectivity index (χ0) is 28.9. The van der Waals surface area contributed by atoms with E-state index in [1.54, 1.807) is 0 Å². The van der Waals surface area contributed by atoms with E-state index in [0.717, 1.165) is 13.0 Å². The highest BCUT2D eigenvalue weighted by Gasteiger charge is 2.53. The van der Waals surface area contributed by atoms with Crippen LogP contribution in [0.5, 0.6) is 0 Å². The lowest BCUT2D eigenvalue weighted by atomic mass is 9.88. The maximum atomic E-state index is 12.6. The van der Waals surface area contributed by atoms with Crippen molar-refractivity contribution in [3.05, 3.63) is 12.7 Å². The first kappa shape index (κ1) is 32.2. The number of rotatable bonds is 12. The minimum Gasteiger partial charge on any atom is -0.481 e. The normalized spacial score (nSPS) is 38.0. The summed E-state index contributed by atoms with van der Waals surface area (Å²) in [5, 5.41) is 52.2. The predicted octanol–water partition coefficient (Wildman–Crippen LogP) is -3.46. The molecule has 18 heteroatoms. The van der Waals surface area contributed by atoms with Crippen molar-refractivity contribution in [2.24, 2.45) is 17.6 Å². The Balaban J connectivity index is 2.41. The lowest BCUT2D eigenvalue weighted by Gasteiger charge is -2.47. The number of phosphoric acid groups is 1. The number of primary amides is 1. The summed E-state index contributed by atoms with van der Waals surface area (Å²) in [4.78, 5) is 44.8. The highest BCUT2D eigenvalue weighted by atomic mass is 31.2. The zero-order valence-corrected chi connectivity index (χ0v) is 21.3. The summed E-state index contributed by atoms with van der Waals surface area (Å²) in [5.41, 5.74) is 5.27. The number of aliphatic hydroxyl groups is 4. The largest absolute Gasteiger partial charge is 0.481 e. The van der Waals surface area contributed by atoms with Crippen LogP contribution < -0.4 is 11.1 Å². The van der Waals surface area contributed by atoms with Crippen LogP contribution in [0.15, 0.2) is 12.7 Å². The summed E-state index contributed by atoms with van der Waals surface area (Å²) in [6, 6.07) is -1.46. The maximum Gasteiger partial charge on any atom is 0.474 e. The van der Waals surface area contributed by atoms with Gasteiger partial charge in [0.15, 0.2) is 18.7 Å². The van der Waals surface area contributed by atoms with E-state index in [1.807, 2.05) is 0 Å². The van der Waals surface area contributed by atoms with E-state index < -0.39 is 106 Å². The highest BCUT2D eigenvalue weighted by Crippen LogP contribution is 2.48. The Kier molecular flexibility index (Phi) is 11.3. The molecule has 0 saturated carbocycles. The fourth-order valence-corrected chi connectivity index (χ4v) is 4.71. The Hall–Kier alpha value is -2.02. The molecule has 38 heavy (non-hydrogen) atoms. The molecule has 0 radical (unpaired) electrons. The van der Waals surface area contributed by atoms with Crippen LogP contribution in [0.3, 0.4) is 0 Å². The molecule has 0 bridgehead atoms. The van der Waals surface area contributed by atoms with Crippen molar-refractivity contribution in [1.82, 2.24) is 5.32 Å². The number of carboxylic acids is 1. The molecule has 5 unspecified atom stereocenters. The van der Waals surface area contributed by atoms with E-state index in [9.17, 15) is 44.3 Å². The summed E-state index contributed by atoms with van der Waals surface area (Å²) < 4.78 is 38.9. The van der Waals surface area contributed by atoms with E-state index in [-0.39, 0.29) is 0 Å². The Bertz CT molecular complexity index is 921. The first-order chi connectivity index (χ1) is 17.6. The van der Waals surface area contributed by atoms with Gasteiger partial charge in [0.2, 0.25) is 11.8 Å². The molecule has 0 aliphatic carbocycles. The van der Waals surface area contributed by atoms with Crippen LogP contribution in [0.2, 0.25) is 0 Å². The molecule has 17 nitrogen and oxygen atoms in total. The van der Waals surface area contributed by atoms with E-state index in [1.165, 1.54) is 6.92 Å². The van der Waals surface area contributed by atoms with Gasteiger partial charge in [-0.3, -0.25) is 23.4 Å². The maximum absolute atomic E-state index is 12.6.